The maximum absolute atomic E-state index is 12.6. The molecule has 0 fully saturated rings. The molecule has 2 amide bonds. The van der Waals surface area contributed by atoms with Gasteiger partial charge in [-0.25, -0.2) is 14.8 Å². The summed E-state index contributed by atoms with van der Waals surface area (Å²) in [6.07, 6.45) is 0.643. The summed E-state index contributed by atoms with van der Waals surface area (Å²) in [7, 11) is 0. The zero-order chi connectivity index (χ0) is 25.7. The molecule has 0 aliphatic carbocycles. The summed E-state index contributed by atoms with van der Waals surface area (Å²) < 4.78 is 0. The largest absolute Gasteiger partial charge is 0.481 e. The number of aromatic nitrogens is 4. The lowest BCUT2D eigenvalue weighted by molar-refractivity contribution is -0.140. The fourth-order valence-corrected chi connectivity index (χ4v) is 3.08. The van der Waals surface area contributed by atoms with Crippen molar-refractivity contribution < 1.29 is 29.4 Å². The molecule has 15 heteroatoms. The number of nitrogens with zero attached hydrogens (tertiary/aromatic N) is 4. The third-order valence-electron chi connectivity index (χ3n) is 4.75. The van der Waals surface area contributed by atoms with Crippen molar-refractivity contribution in [1.29, 1.82) is 0 Å². The fraction of sp³-hybridized carbons (Fsp3) is 0.200. The van der Waals surface area contributed by atoms with Crippen LogP contribution in [0.4, 0.5) is 17.5 Å². The summed E-state index contributed by atoms with van der Waals surface area (Å²) in [5.41, 5.74) is 17.8. The zero-order valence-corrected chi connectivity index (χ0v) is 18.1. The monoisotopic (exact) mass is 483 g/mol. The van der Waals surface area contributed by atoms with Crippen molar-refractivity contribution in [3.63, 3.8) is 0 Å². The average Bonchev–Trinajstić information content (AvgIpc) is 2.79. The number of carbonyl (C=O) groups excluding carboxylic acids is 2. The van der Waals surface area contributed by atoms with E-state index in [9.17, 15) is 24.3 Å². The number of hydrogen-bond acceptors (Lipinski definition) is 11. The van der Waals surface area contributed by atoms with Crippen molar-refractivity contribution in [1.82, 2.24) is 25.3 Å². The molecule has 182 valence electrons. The molecule has 0 aliphatic heterocycles. The number of anilines is 3. The van der Waals surface area contributed by atoms with E-state index in [1.165, 1.54) is 24.4 Å². The highest BCUT2D eigenvalue weighted by atomic mass is 16.4. The molecule has 1 unspecified atom stereocenters. The van der Waals surface area contributed by atoms with E-state index in [0.717, 1.165) is 0 Å². The molecule has 0 bridgehead atoms. The Balaban J connectivity index is 1.77. The van der Waals surface area contributed by atoms with Crippen LogP contribution in [0.5, 0.6) is 0 Å². The number of carboxylic acid groups (broad SMARTS) is 2. The van der Waals surface area contributed by atoms with Gasteiger partial charge in [-0.15, -0.1) is 0 Å². The van der Waals surface area contributed by atoms with E-state index < -0.39 is 36.2 Å². The van der Waals surface area contributed by atoms with Crippen molar-refractivity contribution in [2.24, 2.45) is 5.73 Å². The maximum atomic E-state index is 12.6. The van der Waals surface area contributed by atoms with Crippen LogP contribution < -0.4 is 27.8 Å². The number of benzene rings is 1. The van der Waals surface area contributed by atoms with Gasteiger partial charge in [0.15, 0.2) is 17.0 Å². The smallest absolute Gasteiger partial charge is 0.326 e. The van der Waals surface area contributed by atoms with Crippen LogP contribution in [0, 0.1) is 0 Å². The Hall–Kier alpha value is -5.08. The van der Waals surface area contributed by atoms with Gasteiger partial charge in [-0.3, -0.25) is 14.4 Å². The normalized spacial score (nSPS) is 11.5. The number of carboxylic acids is 2. The lowest BCUT2D eigenvalue weighted by atomic mass is 10.0. The van der Waals surface area contributed by atoms with Gasteiger partial charge in [0.05, 0.1) is 29.6 Å². The predicted molar refractivity (Wildman–Crippen MR) is 122 cm³/mol. The summed E-state index contributed by atoms with van der Waals surface area (Å²) in [5, 5.41) is 23.2. The number of carbonyl (C=O) groups is 4. The molecule has 3 rings (SSSR count). The number of nitrogens with one attached hydrogen (secondary N) is 2. The van der Waals surface area contributed by atoms with Crippen LogP contribution >= 0.6 is 0 Å². The fourth-order valence-electron chi connectivity index (χ4n) is 3.08. The highest BCUT2D eigenvalue weighted by Gasteiger charge is 2.24. The van der Waals surface area contributed by atoms with E-state index in [-0.39, 0.29) is 47.0 Å². The number of aliphatic carboxylic acids is 2. The Morgan fingerprint density at radius 3 is 2.43 bits per heavy atom. The molecule has 2 heterocycles. The summed E-state index contributed by atoms with van der Waals surface area (Å²) >= 11 is 0. The van der Waals surface area contributed by atoms with Crippen LogP contribution in [-0.2, 0) is 16.1 Å². The summed E-state index contributed by atoms with van der Waals surface area (Å²) in [5.74, 6) is -4.41. The number of rotatable bonds is 10. The van der Waals surface area contributed by atoms with Gasteiger partial charge in [0.25, 0.3) is 5.91 Å². The molecule has 0 spiro atoms. The lowest BCUT2D eigenvalue weighted by Crippen LogP contribution is -2.41. The Morgan fingerprint density at radius 2 is 1.77 bits per heavy atom. The molecule has 1 atom stereocenters. The quantitative estimate of drug-likeness (QED) is 0.189. The van der Waals surface area contributed by atoms with Gasteiger partial charge in [0.1, 0.15) is 6.04 Å². The van der Waals surface area contributed by atoms with Gasteiger partial charge >= 0.3 is 11.9 Å². The number of hydrogen-bond donors (Lipinski definition) is 7. The minimum absolute atomic E-state index is 0.0326. The van der Waals surface area contributed by atoms with Crippen molar-refractivity contribution in [2.45, 2.75) is 25.4 Å². The van der Waals surface area contributed by atoms with E-state index >= 15 is 0 Å². The molecule has 15 nitrogen and oxygen atoms in total. The highest BCUT2D eigenvalue weighted by Crippen LogP contribution is 2.19. The van der Waals surface area contributed by atoms with E-state index in [1.54, 1.807) is 0 Å². The first-order valence-corrected chi connectivity index (χ1v) is 10.0. The Morgan fingerprint density at radius 1 is 1.03 bits per heavy atom. The standard InChI is InChI=1S/C20H21N9O6/c21-15-14-17(29-20(23)28-15)25-7-9(26-14)6-24-8-1-2-10(11(5-8)16(22)32)18(33)27-12(19(34)35)3-4-13(30)31/h1-2,5,7,12,24H,3-4,6H2,(H2,22,32)(H,27,33)(H,30,31)(H,34,35)(H4,21,23,25,28,29). The maximum Gasteiger partial charge on any atom is 0.326 e. The first-order chi connectivity index (χ1) is 16.5. The molecule has 3 aromatic rings. The van der Waals surface area contributed by atoms with Gasteiger partial charge in [-0.05, 0) is 24.6 Å². The Bertz CT molecular complexity index is 1330. The predicted octanol–water partition coefficient (Wildman–Crippen LogP) is -0.657. The van der Waals surface area contributed by atoms with Crippen LogP contribution in [0.2, 0.25) is 0 Å². The van der Waals surface area contributed by atoms with Crippen LogP contribution in [0.1, 0.15) is 39.3 Å². The number of primary amides is 1. The number of nitrogens with two attached hydrogens (primary N) is 3. The molecule has 2 aromatic heterocycles. The van der Waals surface area contributed by atoms with Crippen LogP contribution in [0.15, 0.2) is 24.4 Å². The number of nitrogen functional groups attached to an aromatic ring is 2. The van der Waals surface area contributed by atoms with Crippen LogP contribution in [-0.4, -0.2) is 59.9 Å². The molecule has 35 heavy (non-hydrogen) atoms. The average molecular weight is 483 g/mol. The molecule has 0 aliphatic rings. The molecular formula is C20H21N9O6. The van der Waals surface area contributed by atoms with E-state index in [0.29, 0.717) is 11.4 Å². The van der Waals surface area contributed by atoms with E-state index in [2.05, 4.69) is 30.6 Å². The second-order valence-corrected chi connectivity index (χ2v) is 7.28. The number of amides is 2. The molecule has 1 aromatic carbocycles. The third kappa shape index (κ3) is 6.04. The SMILES string of the molecule is NC(=O)c1cc(NCc2cnc3nc(N)nc(N)c3n2)ccc1C(=O)NC(CCC(=O)O)C(=O)O. The molecular weight excluding hydrogens is 462 g/mol. The topological polar surface area (TPSA) is 262 Å². The Labute approximate surface area is 196 Å². The van der Waals surface area contributed by atoms with Crippen molar-refractivity contribution in [3.05, 3.63) is 41.2 Å². The van der Waals surface area contributed by atoms with Crippen molar-refractivity contribution in [3.8, 4) is 0 Å². The summed E-state index contributed by atoms with van der Waals surface area (Å²) in [4.78, 5) is 62.9. The van der Waals surface area contributed by atoms with Gasteiger partial charge in [-0.2, -0.15) is 9.97 Å². The van der Waals surface area contributed by atoms with Gasteiger partial charge in [0.2, 0.25) is 11.9 Å². The van der Waals surface area contributed by atoms with E-state index in [4.69, 9.17) is 22.3 Å². The molecule has 10 N–H and O–H groups in total. The Kier molecular flexibility index (Phi) is 7.19. The first-order valence-electron chi connectivity index (χ1n) is 10.0. The highest BCUT2D eigenvalue weighted by molar-refractivity contribution is 6.08. The van der Waals surface area contributed by atoms with Crippen LogP contribution in [0.25, 0.3) is 11.2 Å². The minimum atomic E-state index is -1.46. The van der Waals surface area contributed by atoms with Crippen LogP contribution in [0.3, 0.4) is 0 Å². The molecule has 0 saturated carbocycles. The molecule has 0 radical (unpaired) electrons. The molecule has 0 saturated heterocycles. The second-order valence-electron chi connectivity index (χ2n) is 7.28. The van der Waals surface area contributed by atoms with Gasteiger partial charge < -0.3 is 38.0 Å². The van der Waals surface area contributed by atoms with E-state index in [1.807, 2.05) is 0 Å². The summed E-state index contributed by atoms with van der Waals surface area (Å²) in [6, 6.07) is 2.61. The van der Waals surface area contributed by atoms with Crippen molar-refractivity contribution >= 4 is 52.4 Å². The second kappa shape index (κ2) is 10.2. The first kappa shape index (κ1) is 24.6. The minimum Gasteiger partial charge on any atom is -0.481 e. The third-order valence-corrected chi connectivity index (χ3v) is 4.75. The van der Waals surface area contributed by atoms with Crippen molar-refractivity contribution in [2.75, 3.05) is 16.8 Å². The van der Waals surface area contributed by atoms with Gasteiger partial charge in [0, 0.05) is 12.1 Å². The lowest BCUT2D eigenvalue weighted by Gasteiger charge is -2.15. The summed E-state index contributed by atoms with van der Waals surface area (Å²) in [6.45, 7) is 0.146. The number of fused-ring (bicyclic) bond motifs is 1. The zero-order valence-electron chi connectivity index (χ0n) is 18.1. The van der Waals surface area contributed by atoms with Gasteiger partial charge in [-0.1, -0.05) is 0 Å².